The van der Waals surface area contributed by atoms with Gasteiger partial charge in [0.05, 0.1) is 14.2 Å². The Labute approximate surface area is 127 Å². The van der Waals surface area contributed by atoms with E-state index in [0.717, 1.165) is 0 Å². The molecule has 1 aromatic carbocycles. The lowest BCUT2D eigenvalue weighted by molar-refractivity contribution is 0.187. The van der Waals surface area contributed by atoms with Crippen LogP contribution in [-0.4, -0.2) is 25.3 Å². The fourth-order valence-electron chi connectivity index (χ4n) is 1.61. The summed E-state index contributed by atoms with van der Waals surface area (Å²) in [5.41, 5.74) is 6.49. The van der Waals surface area contributed by atoms with Crippen LogP contribution in [0.3, 0.4) is 0 Å². The van der Waals surface area contributed by atoms with Gasteiger partial charge in [-0.25, -0.2) is 9.78 Å². The van der Waals surface area contributed by atoms with Gasteiger partial charge < -0.3 is 15.2 Å². The molecule has 8 heteroatoms. The largest absolute Gasteiger partial charge is 0.494 e. The number of ether oxygens (including phenoxy) is 2. The van der Waals surface area contributed by atoms with Crippen LogP contribution in [0, 0.1) is 0 Å². The molecule has 0 saturated heterocycles. The zero-order valence-corrected chi connectivity index (χ0v) is 12.1. The summed E-state index contributed by atoms with van der Waals surface area (Å²) < 4.78 is 9.71. The number of azo groups is 1. The quantitative estimate of drug-likeness (QED) is 0.842. The van der Waals surface area contributed by atoms with Gasteiger partial charge in [-0.15, -0.1) is 10.2 Å². The van der Waals surface area contributed by atoms with Crippen molar-refractivity contribution in [3.8, 4) is 5.75 Å². The van der Waals surface area contributed by atoms with Crippen LogP contribution in [0.15, 0.2) is 46.6 Å². The molecular weight excluding hydrogens is 286 g/mol. The van der Waals surface area contributed by atoms with Crippen LogP contribution in [0.2, 0.25) is 0 Å². The maximum Gasteiger partial charge on any atom is 0.412 e. The number of carbonyl (C=O) groups is 1. The average Bonchev–Trinajstić information content (AvgIpc) is 2.54. The number of hydrogen-bond donors (Lipinski definition) is 2. The normalized spacial score (nSPS) is 10.5. The highest BCUT2D eigenvalue weighted by Gasteiger charge is 2.09. The number of rotatable bonds is 4. The van der Waals surface area contributed by atoms with Crippen LogP contribution in [0.4, 0.5) is 27.8 Å². The fourth-order valence-corrected chi connectivity index (χ4v) is 1.61. The van der Waals surface area contributed by atoms with E-state index >= 15 is 0 Å². The standard InChI is InChI=1S/C14H15N5O3/c1-21-11-6-4-3-5-9(11)18-19-10-7-8-12(15)16-13(10)17-14(20)22-2/h3-8H,1-2H3,(H3,15,16,17,20)/b19-18+. The maximum absolute atomic E-state index is 11.3. The van der Waals surface area contributed by atoms with Crippen molar-refractivity contribution in [3.05, 3.63) is 36.4 Å². The maximum atomic E-state index is 11.3. The zero-order chi connectivity index (χ0) is 15.9. The van der Waals surface area contributed by atoms with Gasteiger partial charge in [0.15, 0.2) is 5.82 Å². The highest BCUT2D eigenvalue weighted by atomic mass is 16.5. The molecule has 0 saturated carbocycles. The molecule has 1 amide bonds. The lowest BCUT2D eigenvalue weighted by Gasteiger charge is -2.06. The molecule has 0 radical (unpaired) electrons. The molecule has 1 aromatic heterocycles. The Morgan fingerprint density at radius 2 is 1.86 bits per heavy atom. The number of amides is 1. The monoisotopic (exact) mass is 301 g/mol. The number of carbonyl (C=O) groups excluding carboxylic acids is 1. The van der Waals surface area contributed by atoms with Crippen LogP contribution in [0.1, 0.15) is 0 Å². The Bertz CT molecular complexity index is 703. The zero-order valence-electron chi connectivity index (χ0n) is 12.1. The van der Waals surface area contributed by atoms with Crippen molar-refractivity contribution < 1.29 is 14.3 Å². The van der Waals surface area contributed by atoms with Gasteiger partial charge in [0.25, 0.3) is 0 Å². The highest BCUT2D eigenvalue weighted by Crippen LogP contribution is 2.30. The van der Waals surface area contributed by atoms with Crippen molar-refractivity contribution in [2.24, 2.45) is 10.2 Å². The second kappa shape index (κ2) is 7.02. The van der Waals surface area contributed by atoms with Gasteiger partial charge in [0.2, 0.25) is 0 Å². The summed E-state index contributed by atoms with van der Waals surface area (Å²) in [6.07, 6.45) is -0.674. The summed E-state index contributed by atoms with van der Waals surface area (Å²) >= 11 is 0. The van der Waals surface area contributed by atoms with Crippen molar-refractivity contribution in [2.45, 2.75) is 0 Å². The number of para-hydroxylation sites is 1. The van der Waals surface area contributed by atoms with Crippen LogP contribution in [0.25, 0.3) is 0 Å². The summed E-state index contributed by atoms with van der Waals surface area (Å²) in [5.74, 6) is 0.977. The molecule has 114 valence electrons. The minimum atomic E-state index is -0.674. The van der Waals surface area contributed by atoms with Gasteiger partial charge in [0, 0.05) is 0 Å². The Balaban J connectivity index is 2.32. The lowest BCUT2D eigenvalue weighted by Crippen LogP contribution is -2.12. The number of aromatic nitrogens is 1. The van der Waals surface area contributed by atoms with E-state index < -0.39 is 6.09 Å². The first-order chi connectivity index (χ1) is 10.6. The van der Waals surface area contributed by atoms with Crippen LogP contribution in [0.5, 0.6) is 5.75 Å². The molecule has 3 N–H and O–H groups in total. The fraction of sp³-hybridized carbons (Fsp3) is 0.143. The first-order valence-electron chi connectivity index (χ1n) is 6.30. The van der Waals surface area contributed by atoms with Gasteiger partial charge in [0.1, 0.15) is 22.9 Å². The Kier molecular flexibility index (Phi) is 4.86. The Morgan fingerprint density at radius 1 is 1.14 bits per heavy atom. The predicted octanol–water partition coefficient (Wildman–Crippen LogP) is 3.27. The number of benzene rings is 1. The lowest BCUT2D eigenvalue weighted by atomic mass is 10.3. The molecule has 0 aliphatic heterocycles. The van der Waals surface area contributed by atoms with Crippen LogP contribution >= 0.6 is 0 Å². The van der Waals surface area contributed by atoms with Gasteiger partial charge in [-0.05, 0) is 24.3 Å². The van der Waals surface area contributed by atoms with Crippen molar-refractivity contribution in [2.75, 3.05) is 25.3 Å². The molecule has 0 unspecified atom stereocenters. The van der Waals surface area contributed by atoms with E-state index in [1.807, 2.05) is 12.1 Å². The van der Waals surface area contributed by atoms with E-state index in [1.165, 1.54) is 7.11 Å². The van der Waals surface area contributed by atoms with E-state index in [-0.39, 0.29) is 11.6 Å². The highest BCUT2D eigenvalue weighted by molar-refractivity contribution is 5.87. The van der Waals surface area contributed by atoms with Crippen LogP contribution in [-0.2, 0) is 4.74 Å². The van der Waals surface area contributed by atoms with E-state index in [2.05, 4.69) is 25.3 Å². The summed E-state index contributed by atoms with van der Waals surface area (Å²) in [5, 5.41) is 10.6. The Morgan fingerprint density at radius 3 is 2.59 bits per heavy atom. The molecule has 8 nitrogen and oxygen atoms in total. The number of nitrogens with zero attached hydrogens (tertiary/aromatic N) is 3. The minimum absolute atomic E-state index is 0.158. The molecule has 0 atom stereocenters. The second-order valence-electron chi connectivity index (χ2n) is 4.09. The van der Waals surface area contributed by atoms with E-state index in [9.17, 15) is 4.79 Å². The van der Waals surface area contributed by atoms with Gasteiger partial charge in [-0.2, -0.15) is 0 Å². The molecule has 0 fully saturated rings. The SMILES string of the molecule is COC(=O)Nc1nc(N)ccc1/N=N/c1ccccc1OC. The molecule has 2 rings (SSSR count). The predicted molar refractivity (Wildman–Crippen MR) is 81.8 cm³/mol. The third-order valence-electron chi connectivity index (χ3n) is 2.65. The van der Waals surface area contributed by atoms with E-state index in [0.29, 0.717) is 17.1 Å². The topological polar surface area (TPSA) is 111 Å². The van der Waals surface area contributed by atoms with Gasteiger partial charge in [-0.3, -0.25) is 5.32 Å². The van der Waals surface area contributed by atoms with E-state index in [4.69, 9.17) is 10.5 Å². The third-order valence-corrected chi connectivity index (χ3v) is 2.65. The van der Waals surface area contributed by atoms with Crippen molar-refractivity contribution in [1.29, 1.82) is 0 Å². The van der Waals surface area contributed by atoms with Crippen molar-refractivity contribution in [1.82, 2.24) is 4.98 Å². The van der Waals surface area contributed by atoms with Crippen molar-refractivity contribution >= 4 is 29.1 Å². The first-order valence-corrected chi connectivity index (χ1v) is 6.30. The number of anilines is 2. The number of nitrogens with one attached hydrogen (secondary N) is 1. The summed E-state index contributed by atoms with van der Waals surface area (Å²) in [7, 11) is 2.79. The third kappa shape index (κ3) is 3.69. The minimum Gasteiger partial charge on any atom is -0.494 e. The molecule has 2 aromatic rings. The summed E-state index contributed by atoms with van der Waals surface area (Å²) in [4.78, 5) is 15.3. The van der Waals surface area contributed by atoms with Gasteiger partial charge >= 0.3 is 6.09 Å². The molecule has 22 heavy (non-hydrogen) atoms. The molecule has 1 heterocycles. The molecule has 0 aliphatic rings. The smallest absolute Gasteiger partial charge is 0.412 e. The average molecular weight is 301 g/mol. The first kappa shape index (κ1) is 15.2. The Hall–Kier alpha value is -3.16. The van der Waals surface area contributed by atoms with E-state index in [1.54, 1.807) is 31.4 Å². The second-order valence-corrected chi connectivity index (χ2v) is 4.09. The van der Waals surface area contributed by atoms with Gasteiger partial charge in [-0.1, -0.05) is 12.1 Å². The molecule has 0 spiro atoms. The summed E-state index contributed by atoms with van der Waals surface area (Å²) in [6, 6.07) is 10.3. The number of hydrogen-bond acceptors (Lipinski definition) is 7. The number of nitrogens with two attached hydrogens (primary N) is 1. The van der Waals surface area contributed by atoms with Crippen LogP contribution < -0.4 is 15.8 Å². The molecular formula is C14H15N5O3. The summed E-state index contributed by atoms with van der Waals surface area (Å²) in [6.45, 7) is 0. The number of nitrogen functional groups attached to an aromatic ring is 1. The molecule has 0 aliphatic carbocycles. The number of methoxy groups -OCH3 is 2. The number of pyridine rings is 1. The van der Waals surface area contributed by atoms with Crippen molar-refractivity contribution in [3.63, 3.8) is 0 Å². The molecule has 0 bridgehead atoms.